The first kappa shape index (κ1) is 22.0. The van der Waals surface area contributed by atoms with E-state index in [1.54, 1.807) is 18.0 Å². The number of amides is 3. The number of anilines is 2. The van der Waals surface area contributed by atoms with Crippen molar-refractivity contribution in [2.75, 3.05) is 50.0 Å². The van der Waals surface area contributed by atoms with Gasteiger partial charge in [-0.15, -0.1) is 0 Å². The largest absolute Gasteiger partial charge is 0.368 e. The van der Waals surface area contributed by atoms with Crippen molar-refractivity contribution in [3.8, 4) is 0 Å². The Labute approximate surface area is 187 Å². The molecule has 170 valence electrons. The van der Waals surface area contributed by atoms with E-state index in [9.17, 15) is 9.59 Å². The van der Waals surface area contributed by atoms with Crippen molar-refractivity contribution in [1.29, 1.82) is 0 Å². The summed E-state index contributed by atoms with van der Waals surface area (Å²) < 4.78 is 15.1. The van der Waals surface area contributed by atoms with Crippen LogP contribution in [0.1, 0.15) is 34.2 Å². The standard InChI is InChI=1S/C23H29FN6O2/c1-4-29-14-17-6-5-16(20(24)21(17)27-23(29)32)13-28-9-11-30(12-10-28)19-8-7-18(22(31)25-3)26-15(19)2/h5-8H,4,9-14H2,1-3H3,(H,25,31)(H,27,32). The lowest BCUT2D eigenvalue weighted by molar-refractivity contribution is 0.0958. The van der Waals surface area contributed by atoms with Gasteiger partial charge in [-0.05, 0) is 31.5 Å². The Hall–Kier alpha value is -3.20. The molecule has 0 atom stereocenters. The zero-order chi connectivity index (χ0) is 22.8. The molecule has 9 heteroatoms. The van der Waals surface area contributed by atoms with E-state index in [0.717, 1.165) is 43.1 Å². The van der Waals surface area contributed by atoms with Gasteiger partial charge in [-0.1, -0.05) is 12.1 Å². The Balaban J connectivity index is 1.40. The number of rotatable bonds is 5. The number of halogens is 1. The molecule has 3 amide bonds. The number of carbonyl (C=O) groups is 2. The molecule has 0 spiro atoms. The van der Waals surface area contributed by atoms with Gasteiger partial charge >= 0.3 is 6.03 Å². The third-order valence-electron chi connectivity index (χ3n) is 6.19. The zero-order valence-corrected chi connectivity index (χ0v) is 18.7. The number of benzene rings is 1. The molecule has 0 unspecified atom stereocenters. The highest BCUT2D eigenvalue weighted by molar-refractivity contribution is 5.93. The molecule has 2 aromatic rings. The second-order valence-corrected chi connectivity index (χ2v) is 8.16. The van der Waals surface area contributed by atoms with Crippen molar-refractivity contribution in [2.45, 2.75) is 26.9 Å². The Morgan fingerprint density at radius 1 is 1.19 bits per heavy atom. The number of urea groups is 1. The summed E-state index contributed by atoms with van der Waals surface area (Å²) >= 11 is 0. The highest BCUT2D eigenvalue weighted by Crippen LogP contribution is 2.29. The van der Waals surface area contributed by atoms with Crippen LogP contribution in [-0.2, 0) is 13.1 Å². The van der Waals surface area contributed by atoms with Gasteiger partial charge in [0.05, 0.1) is 17.1 Å². The number of nitrogens with zero attached hydrogens (tertiary/aromatic N) is 4. The molecule has 32 heavy (non-hydrogen) atoms. The number of fused-ring (bicyclic) bond motifs is 1. The number of aryl methyl sites for hydroxylation is 1. The van der Waals surface area contributed by atoms with Gasteiger partial charge in [0, 0.05) is 58.4 Å². The van der Waals surface area contributed by atoms with E-state index in [-0.39, 0.29) is 17.8 Å². The quantitative estimate of drug-likeness (QED) is 0.747. The van der Waals surface area contributed by atoms with E-state index < -0.39 is 0 Å². The normalized spacial score (nSPS) is 16.6. The smallest absolute Gasteiger partial charge is 0.322 e. The minimum absolute atomic E-state index is 0.199. The number of nitrogens with one attached hydrogen (secondary N) is 2. The summed E-state index contributed by atoms with van der Waals surface area (Å²) in [5.74, 6) is -0.533. The van der Waals surface area contributed by atoms with Crippen molar-refractivity contribution >= 4 is 23.3 Å². The summed E-state index contributed by atoms with van der Waals surface area (Å²) in [6, 6.07) is 7.17. The van der Waals surface area contributed by atoms with Crippen LogP contribution in [0.25, 0.3) is 0 Å². The Morgan fingerprint density at radius 3 is 2.59 bits per heavy atom. The fourth-order valence-electron chi connectivity index (χ4n) is 4.30. The second-order valence-electron chi connectivity index (χ2n) is 8.16. The molecule has 0 aliphatic carbocycles. The number of pyridine rings is 1. The van der Waals surface area contributed by atoms with E-state index in [1.807, 2.05) is 32.0 Å². The van der Waals surface area contributed by atoms with E-state index >= 15 is 4.39 Å². The maximum atomic E-state index is 15.1. The second kappa shape index (κ2) is 9.12. The molecule has 2 N–H and O–H groups in total. The van der Waals surface area contributed by atoms with Crippen molar-refractivity contribution in [2.24, 2.45) is 0 Å². The van der Waals surface area contributed by atoms with Gasteiger partial charge in [-0.2, -0.15) is 0 Å². The van der Waals surface area contributed by atoms with Gasteiger partial charge in [0.15, 0.2) is 5.82 Å². The zero-order valence-electron chi connectivity index (χ0n) is 18.7. The van der Waals surface area contributed by atoms with Crippen LogP contribution < -0.4 is 15.5 Å². The molecule has 3 heterocycles. The van der Waals surface area contributed by atoms with Gasteiger partial charge in [-0.3, -0.25) is 9.69 Å². The first-order valence-electron chi connectivity index (χ1n) is 10.9. The number of aromatic nitrogens is 1. The molecule has 0 saturated carbocycles. The summed E-state index contributed by atoms with van der Waals surface area (Å²) in [5.41, 5.74) is 3.95. The van der Waals surface area contributed by atoms with E-state index in [0.29, 0.717) is 36.6 Å². The highest BCUT2D eigenvalue weighted by Gasteiger charge is 2.26. The van der Waals surface area contributed by atoms with Crippen LogP contribution in [0.3, 0.4) is 0 Å². The molecular formula is C23H29FN6O2. The monoisotopic (exact) mass is 440 g/mol. The number of carbonyl (C=O) groups excluding carboxylic acids is 2. The first-order valence-corrected chi connectivity index (χ1v) is 10.9. The third kappa shape index (κ3) is 4.25. The van der Waals surface area contributed by atoms with Crippen molar-refractivity contribution in [3.63, 3.8) is 0 Å². The molecule has 1 aromatic heterocycles. The van der Waals surface area contributed by atoms with Crippen molar-refractivity contribution in [3.05, 3.63) is 52.6 Å². The van der Waals surface area contributed by atoms with E-state index in [4.69, 9.17) is 0 Å². The predicted octanol–water partition coefficient (Wildman–Crippen LogP) is 2.58. The van der Waals surface area contributed by atoms with Crippen LogP contribution in [0.4, 0.5) is 20.6 Å². The molecule has 2 aliphatic rings. The SMILES string of the molecule is CCN1Cc2ccc(CN3CCN(c4ccc(C(=O)NC)nc4C)CC3)c(F)c2NC1=O. The van der Waals surface area contributed by atoms with Crippen LogP contribution in [0.2, 0.25) is 0 Å². The summed E-state index contributed by atoms with van der Waals surface area (Å²) in [6.45, 7) is 8.46. The molecular weight excluding hydrogens is 411 g/mol. The van der Waals surface area contributed by atoms with Crippen LogP contribution in [0, 0.1) is 12.7 Å². The lowest BCUT2D eigenvalue weighted by Crippen LogP contribution is -2.46. The molecule has 0 bridgehead atoms. The maximum absolute atomic E-state index is 15.1. The number of piperazine rings is 1. The topological polar surface area (TPSA) is 80.8 Å². The van der Waals surface area contributed by atoms with Gasteiger partial charge in [0.1, 0.15) is 5.69 Å². The minimum atomic E-state index is -0.334. The lowest BCUT2D eigenvalue weighted by Gasteiger charge is -2.37. The van der Waals surface area contributed by atoms with Gasteiger partial charge in [0.25, 0.3) is 5.91 Å². The van der Waals surface area contributed by atoms with Crippen molar-refractivity contribution in [1.82, 2.24) is 20.1 Å². The van der Waals surface area contributed by atoms with Gasteiger partial charge < -0.3 is 20.4 Å². The maximum Gasteiger partial charge on any atom is 0.322 e. The first-order chi connectivity index (χ1) is 15.4. The molecule has 1 saturated heterocycles. The van der Waals surface area contributed by atoms with Gasteiger partial charge in [-0.25, -0.2) is 14.2 Å². The van der Waals surface area contributed by atoms with Gasteiger partial charge in [0.2, 0.25) is 0 Å². The Morgan fingerprint density at radius 2 is 1.94 bits per heavy atom. The summed E-state index contributed by atoms with van der Waals surface area (Å²) in [6.07, 6.45) is 0. The molecule has 0 radical (unpaired) electrons. The summed E-state index contributed by atoms with van der Waals surface area (Å²) in [4.78, 5) is 34.4. The molecule has 4 rings (SSSR count). The molecule has 1 fully saturated rings. The van der Waals surface area contributed by atoms with Crippen LogP contribution in [0.15, 0.2) is 24.3 Å². The van der Waals surface area contributed by atoms with Crippen LogP contribution in [-0.4, -0.2) is 66.5 Å². The molecule has 2 aliphatic heterocycles. The lowest BCUT2D eigenvalue weighted by atomic mass is 10.0. The molecule has 8 nitrogen and oxygen atoms in total. The van der Waals surface area contributed by atoms with E-state index in [2.05, 4.69) is 25.4 Å². The highest BCUT2D eigenvalue weighted by atomic mass is 19.1. The average Bonchev–Trinajstić information content (AvgIpc) is 2.81. The molecule has 1 aromatic carbocycles. The fourth-order valence-corrected chi connectivity index (χ4v) is 4.30. The third-order valence-corrected chi connectivity index (χ3v) is 6.19. The number of hydrogen-bond donors (Lipinski definition) is 2. The van der Waals surface area contributed by atoms with Crippen LogP contribution >= 0.6 is 0 Å². The minimum Gasteiger partial charge on any atom is -0.368 e. The van der Waals surface area contributed by atoms with Crippen molar-refractivity contribution < 1.29 is 14.0 Å². The number of hydrogen-bond acceptors (Lipinski definition) is 5. The summed E-state index contributed by atoms with van der Waals surface area (Å²) in [5, 5.41) is 5.30. The Kier molecular flexibility index (Phi) is 6.27. The van der Waals surface area contributed by atoms with Crippen LogP contribution in [0.5, 0.6) is 0 Å². The Bertz CT molecular complexity index is 1040. The fraction of sp³-hybridized carbons (Fsp3) is 0.435. The predicted molar refractivity (Wildman–Crippen MR) is 121 cm³/mol. The van der Waals surface area contributed by atoms with E-state index in [1.165, 1.54) is 0 Å². The average molecular weight is 441 g/mol. The summed E-state index contributed by atoms with van der Waals surface area (Å²) in [7, 11) is 1.59.